The molecule has 0 amide bonds. The first-order valence-electron chi connectivity index (χ1n) is 6.29. The van der Waals surface area contributed by atoms with E-state index in [2.05, 4.69) is 15.9 Å². The van der Waals surface area contributed by atoms with Crippen molar-refractivity contribution in [3.05, 3.63) is 57.6 Å². The van der Waals surface area contributed by atoms with Gasteiger partial charge in [0, 0.05) is 5.56 Å². The predicted octanol–water partition coefficient (Wildman–Crippen LogP) is 3.58. The van der Waals surface area contributed by atoms with Gasteiger partial charge in [-0.3, -0.25) is 0 Å². The van der Waals surface area contributed by atoms with Crippen LogP contribution in [0.5, 0.6) is 11.5 Å². The maximum atomic E-state index is 13.6. The Balaban J connectivity index is 1.99. The van der Waals surface area contributed by atoms with E-state index >= 15 is 0 Å². The molecule has 1 atom stereocenters. The van der Waals surface area contributed by atoms with Gasteiger partial charge in [-0.2, -0.15) is 0 Å². The molecule has 3 nitrogen and oxygen atoms in total. The van der Waals surface area contributed by atoms with Crippen LogP contribution in [0.1, 0.15) is 17.2 Å². The molecule has 0 aliphatic carbocycles. The highest BCUT2D eigenvalue weighted by molar-refractivity contribution is 9.10. The van der Waals surface area contributed by atoms with Gasteiger partial charge in [0.1, 0.15) is 19.3 Å². The van der Waals surface area contributed by atoms with Gasteiger partial charge in [-0.15, -0.1) is 0 Å². The Labute approximate surface area is 128 Å². The van der Waals surface area contributed by atoms with Crippen LogP contribution < -0.4 is 9.47 Å². The summed E-state index contributed by atoms with van der Waals surface area (Å²) < 4.78 is 37.4. The molecule has 1 heterocycles. The number of ether oxygens (including phenoxy) is 2. The normalized spacial score (nSPS) is 14.9. The second-order valence-electron chi connectivity index (χ2n) is 4.57. The van der Waals surface area contributed by atoms with Crippen LogP contribution in [0, 0.1) is 11.6 Å². The van der Waals surface area contributed by atoms with Crippen LogP contribution in [0.15, 0.2) is 34.8 Å². The Morgan fingerprint density at radius 1 is 1.05 bits per heavy atom. The number of aliphatic hydroxyl groups excluding tert-OH is 1. The summed E-state index contributed by atoms with van der Waals surface area (Å²) in [6.45, 7) is 0.908. The minimum atomic E-state index is -1.11. The minimum Gasteiger partial charge on any atom is -0.486 e. The third-order valence-corrected chi connectivity index (χ3v) is 4.05. The lowest BCUT2D eigenvalue weighted by molar-refractivity contribution is 0.169. The zero-order chi connectivity index (χ0) is 15.0. The summed E-state index contributed by atoms with van der Waals surface area (Å²) in [5, 5.41) is 10.4. The Kier molecular flexibility index (Phi) is 3.82. The van der Waals surface area contributed by atoms with Gasteiger partial charge < -0.3 is 14.6 Å². The highest BCUT2D eigenvalue weighted by Gasteiger charge is 2.21. The van der Waals surface area contributed by atoms with Gasteiger partial charge in [0.05, 0.1) is 4.47 Å². The zero-order valence-corrected chi connectivity index (χ0v) is 12.4. The molecule has 0 radical (unpaired) electrons. The van der Waals surface area contributed by atoms with E-state index in [-0.39, 0.29) is 10.0 Å². The molecule has 2 aromatic carbocycles. The lowest BCUT2D eigenvalue weighted by Gasteiger charge is -2.20. The molecule has 3 rings (SSSR count). The quantitative estimate of drug-likeness (QED) is 0.836. The molecule has 2 aromatic rings. The van der Waals surface area contributed by atoms with Crippen molar-refractivity contribution in [1.82, 2.24) is 0 Å². The maximum absolute atomic E-state index is 13.6. The van der Waals surface area contributed by atoms with Crippen molar-refractivity contribution in [2.24, 2.45) is 0 Å². The molecule has 1 N–H and O–H groups in total. The average molecular weight is 357 g/mol. The van der Waals surface area contributed by atoms with Crippen molar-refractivity contribution in [3.63, 3.8) is 0 Å². The maximum Gasteiger partial charge on any atom is 0.173 e. The summed E-state index contributed by atoms with van der Waals surface area (Å²) in [6.07, 6.45) is -1.11. The van der Waals surface area contributed by atoms with Crippen molar-refractivity contribution < 1.29 is 23.4 Å². The second-order valence-corrected chi connectivity index (χ2v) is 5.36. The Bertz CT molecular complexity index is 691. The number of benzene rings is 2. The van der Waals surface area contributed by atoms with Gasteiger partial charge in [-0.1, -0.05) is 12.1 Å². The van der Waals surface area contributed by atoms with Crippen LogP contribution in [0.25, 0.3) is 0 Å². The first-order valence-corrected chi connectivity index (χ1v) is 7.08. The Morgan fingerprint density at radius 2 is 1.76 bits per heavy atom. The van der Waals surface area contributed by atoms with E-state index in [0.717, 1.165) is 6.07 Å². The summed E-state index contributed by atoms with van der Waals surface area (Å²) in [5.41, 5.74) is 0.747. The fraction of sp³-hybridized carbons (Fsp3) is 0.200. The van der Waals surface area contributed by atoms with Crippen molar-refractivity contribution in [1.29, 1.82) is 0 Å². The Hall–Kier alpha value is -1.66. The number of hydrogen-bond donors (Lipinski definition) is 1. The van der Waals surface area contributed by atoms with Crippen molar-refractivity contribution in [2.45, 2.75) is 6.10 Å². The van der Waals surface area contributed by atoms with Gasteiger partial charge in [-0.25, -0.2) is 8.78 Å². The molecule has 1 aliphatic rings. The molecule has 0 fully saturated rings. The molecule has 0 aromatic heterocycles. The largest absolute Gasteiger partial charge is 0.486 e. The third-order valence-electron chi connectivity index (χ3n) is 3.24. The average Bonchev–Trinajstić information content (AvgIpc) is 2.52. The highest BCUT2D eigenvalue weighted by atomic mass is 79.9. The summed E-state index contributed by atoms with van der Waals surface area (Å²) in [4.78, 5) is 0. The SMILES string of the molecule is OC(c1ccc2c(c1)OCCO2)c1ccc(F)c(F)c1Br. The first kappa shape index (κ1) is 14.3. The van der Waals surface area contributed by atoms with E-state index in [4.69, 9.17) is 9.47 Å². The first-order chi connectivity index (χ1) is 10.1. The van der Waals surface area contributed by atoms with Gasteiger partial charge >= 0.3 is 0 Å². The summed E-state index contributed by atoms with van der Waals surface area (Å²) >= 11 is 2.97. The number of aliphatic hydroxyl groups is 1. The number of rotatable bonds is 2. The molecule has 1 unspecified atom stereocenters. The zero-order valence-electron chi connectivity index (χ0n) is 10.8. The van der Waals surface area contributed by atoms with E-state index in [0.29, 0.717) is 30.3 Å². The molecule has 0 saturated heterocycles. The molecule has 0 spiro atoms. The van der Waals surface area contributed by atoms with Crippen molar-refractivity contribution in [3.8, 4) is 11.5 Å². The van der Waals surface area contributed by atoms with Crippen LogP contribution in [0.3, 0.4) is 0 Å². The predicted molar refractivity (Wildman–Crippen MR) is 75.6 cm³/mol. The smallest absolute Gasteiger partial charge is 0.173 e. The minimum absolute atomic E-state index is 0.0927. The topological polar surface area (TPSA) is 38.7 Å². The van der Waals surface area contributed by atoms with Gasteiger partial charge in [-0.05, 0) is 39.7 Å². The molecule has 1 aliphatic heterocycles. The van der Waals surface area contributed by atoms with E-state index in [1.165, 1.54) is 6.07 Å². The lowest BCUT2D eigenvalue weighted by atomic mass is 10.0. The number of halogens is 3. The highest BCUT2D eigenvalue weighted by Crippen LogP contribution is 2.36. The summed E-state index contributed by atoms with van der Waals surface area (Å²) in [5.74, 6) is -0.873. The van der Waals surface area contributed by atoms with Crippen LogP contribution in [0.2, 0.25) is 0 Å². The van der Waals surface area contributed by atoms with Gasteiger partial charge in [0.25, 0.3) is 0 Å². The molecule has 0 saturated carbocycles. The molecular formula is C15H11BrF2O3. The van der Waals surface area contributed by atoms with Crippen molar-refractivity contribution >= 4 is 15.9 Å². The van der Waals surface area contributed by atoms with Gasteiger partial charge in [0.2, 0.25) is 0 Å². The number of fused-ring (bicyclic) bond motifs is 1. The Morgan fingerprint density at radius 3 is 2.52 bits per heavy atom. The van der Waals surface area contributed by atoms with E-state index in [1.54, 1.807) is 18.2 Å². The van der Waals surface area contributed by atoms with Crippen LogP contribution in [-0.2, 0) is 0 Å². The van der Waals surface area contributed by atoms with Crippen LogP contribution in [-0.4, -0.2) is 18.3 Å². The standard InChI is InChI=1S/C15H11BrF2O3/c16-13-9(2-3-10(17)14(13)18)15(19)8-1-4-11-12(7-8)21-6-5-20-11/h1-4,7,15,19H,5-6H2. The molecule has 110 valence electrons. The fourth-order valence-electron chi connectivity index (χ4n) is 2.16. The van der Waals surface area contributed by atoms with E-state index in [9.17, 15) is 13.9 Å². The summed E-state index contributed by atoms with van der Waals surface area (Å²) in [7, 11) is 0. The number of hydrogen-bond acceptors (Lipinski definition) is 3. The molecular weight excluding hydrogens is 346 g/mol. The van der Waals surface area contributed by atoms with E-state index in [1.807, 2.05) is 0 Å². The van der Waals surface area contributed by atoms with Gasteiger partial charge in [0.15, 0.2) is 23.1 Å². The third kappa shape index (κ3) is 2.61. The monoisotopic (exact) mass is 356 g/mol. The summed E-state index contributed by atoms with van der Waals surface area (Å²) in [6, 6.07) is 7.29. The van der Waals surface area contributed by atoms with Crippen LogP contribution in [0.4, 0.5) is 8.78 Å². The van der Waals surface area contributed by atoms with Crippen molar-refractivity contribution in [2.75, 3.05) is 13.2 Å². The molecule has 6 heteroatoms. The lowest BCUT2D eigenvalue weighted by Crippen LogP contribution is -2.15. The molecule has 21 heavy (non-hydrogen) atoms. The second kappa shape index (κ2) is 5.61. The molecule has 0 bridgehead atoms. The van der Waals surface area contributed by atoms with E-state index < -0.39 is 17.7 Å². The van der Waals surface area contributed by atoms with Crippen LogP contribution >= 0.6 is 15.9 Å². The fourth-order valence-corrected chi connectivity index (χ4v) is 2.70.